The fraction of sp³-hybridized carbons (Fsp3) is 0.500. The Labute approximate surface area is 145 Å². The van der Waals surface area contributed by atoms with Crippen molar-refractivity contribution in [3.8, 4) is 0 Å². The van der Waals surface area contributed by atoms with Gasteiger partial charge in [-0.2, -0.15) is 4.31 Å². The van der Waals surface area contributed by atoms with E-state index in [2.05, 4.69) is 5.32 Å². The van der Waals surface area contributed by atoms with E-state index in [1.165, 1.54) is 28.6 Å². The highest BCUT2D eigenvalue weighted by atomic mass is 32.2. The van der Waals surface area contributed by atoms with Gasteiger partial charge < -0.3 is 15.2 Å². The largest absolute Gasteiger partial charge is 0.481 e. The summed E-state index contributed by atoms with van der Waals surface area (Å²) in [4.78, 5) is 23.1. The summed E-state index contributed by atoms with van der Waals surface area (Å²) in [7, 11) is -3.58. The molecule has 9 heteroatoms. The van der Waals surface area contributed by atoms with E-state index < -0.39 is 21.9 Å². The van der Waals surface area contributed by atoms with Crippen molar-refractivity contribution in [2.45, 2.75) is 23.8 Å². The third-order valence-electron chi connectivity index (χ3n) is 4.55. The number of carbonyl (C=O) groups excluding carboxylic acids is 1. The number of amides is 1. The van der Waals surface area contributed by atoms with Gasteiger partial charge in [0.05, 0.1) is 24.0 Å². The minimum Gasteiger partial charge on any atom is -0.481 e. The van der Waals surface area contributed by atoms with Crippen LogP contribution < -0.4 is 5.32 Å². The van der Waals surface area contributed by atoms with Crippen LogP contribution >= 0.6 is 0 Å². The molecule has 2 fully saturated rings. The number of hydrogen-bond acceptors (Lipinski definition) is 5. The van der Waals surface area contributed by atoms with Gasteiger partial charge in [0.2, 0.25) is 10.0 Å². The first-order valence-electron chi connectivity index (χ1n) is 8.09. The maximum absolute atomic E-state index is 12.5. The summed E-state index contributed by atoms with van der Waals surface area (Å²) in [5.41, 5.74) is 0.347. The lowest BCUT2D eigenvalue weighted by Gasteiger charge is -2.32. The van der Waals surface area contributed by atoms with Gasteiger partial charge in [-0.3, -0.25) is 9.59 Å². The number of carbonyl (C=O) groups is 2. The zero-order chi connectivity index (χ0) is 18.0. The molecular formula is C16H20N2O6S. The molecule has 3 rings (SSSR count). The second-order valence-corrected chi connectivity index (χ2v) is 8.16. The van der Waals surface area contributed by atoms with E-state index in [1.807, 2.05) is 0 Å². The topological polar surface area (TPSA) is 113 Å². The number of rotatable bonds is 5. The standard InChI is InChI=1S/C16H20N2O6S/c19-15(17-13-9-12(10-13)16(20)21)11-1-3-14(4-2-11)25(22,23)18-5-7-24-8-6-18/h1-4,12-13H,5-10H2,(H,17,19)(H,20,21). The average molecular weight is 368 g/mol. The van der Waals surface area contributed by atoms with Crippen molar-refractivity contribution in [3.63, 3.8) is 0 Å². The van der Waals surface area contributed by atoms with Gasteiger partial charge in [0.25, 0.3) is 5.91 Å². The molecule has 1 heterocycles. The minimum absolute atomic E-state index is 0.139. The molecule has 1 aliphatic heterocycles. The summed E-state index contributed by atoms with van der Waals surface area (Å²) >= 11 is 0. The number of carboxylic acid groups (broad SMARTS) is 1. The highest BCUT2D eigenvalue weighted by Crippen LogP contribution is 2.27. The number of sulfonamides is 1. The van der Waals surface area contributed by atoms with Crippen LogP contribution in [0.15, 0.2) is 29.2 Å². The predicted molar refractivity (Wildman–Crippen MR) is 87.6 cm³/mol. The first-order valence-corrected chi connectivity index (χ1v) is 9.53. The molecule has 1 aliphatic carbocycles. The number of hydrogen-bond donors (Lipinski definition) is 2. The molecule has 1 aromatic carbocycles. The quantitative estimate of drug-likeness (QED) is 0.773. The molecule has 0 aromatic heterocycles. The number of morpholine rings is 1. The molecule has 0 bridgehead atoms. The van der Waals surface area contributed by atoms with E-state index in [0.29, 0.717) is 44.7 Å². The van der Waals surface area contributed by atoms with Gasteiger partial charge in [0.15, 0.2) is 0 Å². The van der Waals surface area contributed by atoms with E-state index >= 15 is 0 Å². The lowest BCUT2D eigenvalue weighted by molar-refractivity contribution is -0.145. The van der Waals surface area contributed by atoms with E-state index in [9.17, 15) is 18.0 Å². The summed E-state index contributed by atoms with van der Waals surface area (Å²) in [6.45, 7) is 1.38. The molecule has 0 radical (unpaired) electrons. The third-order valence-corrected chi connectivity index (χ3v) is 6.46. The molecule has 0 atom stereocenters. The first kappa shape index (κ1) is 17.8. The molecule has 2 aliphatic rings. The molecule has 8 nitrogen and oxygen atoms in total. The number of carboxylic acids is 1. The lowest BCUT2D eigenvalue weighted by Crippen LogP contribution is -2.46. The zero-order valence-electron chi connectivity index (χ0n) is 13.6. The van der Waals surface area contributed by atoms with Crippen LogP contribution in [0.4, 0.5) is 0 Å². The van der Waals surface area contributed by atoms with Crippen molar-refractivity contribution < 1.29 is 27.9 Å². The summed E-state index contributed by atoms with van der Waals surface area (Å²) < 4.78 is 31.6. The van der Waals surface area contributed by atoms with Crippen LogP contribution in [0, 0.1) is 5.92 Å². The van der Waals surface area contributed by atoms with Crippen LogP contribution in [0.25, 0.3) is 0 Å². The van der Waals surface area contributed by atoms with Gasteiger partial charge in [-0.05, 0) is 37.1 Å². The Morgan fingerprint density at radius 3 is 2.28 bits per heavy atom. The summed E-state index contributed by atoms with van der Waals surface area (Å²) in [5.74, 6) is -1.57. The fourth-order valence-electron chi connectivity index (χ4n) is 2.92. The molecule has 0 unspecified atom stereocenters. The van der Waals surface area contributed by atoms with Crippen molar-refractivity contribution in [1.82, 2.24) is 9.62 Å². The SMILES string of the molecule is O=C(NC1CC(C(=O)O)C1)c1ccc(S(=O)(=O)N2CCOCC2)cc1. The molecule has 1 aromatic rings. The van der Waals surface area contributed by atoms with Gasteiger partial charge in [-0.15, -0.1) is 0 Å². The molecule has 25 heavy (non-hydrogen) atoms. The van der Waals surface area contributed by atoms with E-state index in [1.54, 1.807) is 0 Å². The highest BCUT2D eigenvalue weighted by Gasteiger charge is 2.35. The van der Waals surface area contributed by atoms with Gasteiger partial charge in [-0.1, -0.05) is 0 Å². The fourth-order valence-corrected chi connectivity index (χ4v) is 4.33. The van der Waals surface area contributed by atoms with E-state index in [4.69, 9.17) is 9.84 Å². The van der Waals surface area contributed by atoms with Gasteiger partial charge in [0, 0.05) is 24.7 Å². The Kier molecular flexibility index (Phi) is 5.07. The number of nitrogens with zero attached hydrogens (tertiary/aromatic N) is 1. The van der Waals surface area contributed by atoms with Crippen LogP contribution in [0.1, 0.15) is 23.2 Å². The van der Waals surface area contributed by atoms with Gasteiger partial charge in [0.1, 0.15) is 0 Å². The zero-order valence-corrected chi connectivity index (χ0v) is 14.4. The highest BCUT2D eigenvalue weighted by molar-refractivity contribution is 7.89. The second-order valence-electron chi connectivity index (χ2n) is 6.22. The van der Waals surface area contributed by atoms with Crippen LogP contribution in [0.2, 0.25) is 0 Å². The Hall–Kier alpha value is -1.97. The smallest absolute Gasteiger partial charge is 0.306 e. The monoisotopic (exact) mass is 368 g/mol. The Morgan fingerprint density at radius 2 is 1.72 bits per heavy atom. The third kappa shape index (κ3) is 3.83. The van der Waals surface area contributed by atoms with Crippen LogP contribution in [0.5, 0.6) is 0 Å². The molecule has 2 N–H and O–H groups in total. The molecule has 136 valence electrons. The van der Waals surface area contributed by atoms with E-state index in [-0.39, 0.29) is 16.8 Å². The Bertz CT molecular complexity index is 749. The predicted octanol–water partition coefficient (Wildman–Crippen LogP) is 0.301. The number of nitrogens with one attached hydrogen (secondary N) is 1. The number of ether oxygens (including phenoxy) is 1. The number of aliphatic carboxylic acids is 1. The normalized spacial score (nSPS) is 24.3. The van der Waals surface area contributed by atoms with Crippen LogP contribution in [-0.2, 0) is 19.6 Å². The van der Waals surface area contributed by atoms with Crippen LogP contribution in [0.3, 0.4) is 0 Å². The van der Waals surface area contributed by atoms with Gasteiger partial charge in [-0.25, -0.2) is 8.42 Å². The van der Waals surface area contributed by atoms with Crippen molar-refractivity contribution in [3.05, 3.63) is 29.8 Å². The summed E-state index contributed by atoms with van der Waals surface area (Å²) in [6, 6.07) is 5.62. The summed E-state index contributed by atoms with van der Waals surface area (Å²) in [5, 5.41) is 11.6. The van der Waals surface area contributed by atoms with Crippen molar-refractivity contribution in [1.29, 1.82) is 0 Å². The maximum Gasteiger partial charge on any atom is 0.306 e. The van der Waals surface area contributed by atoms with E-state index in [0.717, 1.165) is 0 Å². The maximum atomic E-state index is 12.5. The first-order chi connectivity index (χ1) is 11.9. The Morgan fingerprint density at radius 1 is 1.12 bits per heavy atom. The number of benzene rings is 1. The molecule has 1 amide bonds. The molecular weight excluding hydrogens is 348 g/mol. The summed E-state index contributed by atoms with van der Waals surface area (Å²) in [6.07, 6.45) is 0.842. The molecule has 1 saturated carbocycles. The second kappa shape index (κ2) is 7.11. The Balaban J connectivity index is 1.62. The average Bonchev–Trinajstić information content (AvgIpc) is 2.58. The minimum atomic E-state index is -3.58. The van der Waals surface area contributed by atoms with Crippen molar-refractivity contribution >= 4 is 21.9 Å². The van der Waals surface area contributed by atoms with Crippen LogP contribution in [-0.4, -0.2) is 62.1 Å². The van der Waals surface area contributed by atoms with Crippen molar-refractivity contribution in [2.75, 3.05) is 26.3 Å². The van der Waals surface area contributed by atoms with Gasteiger partial charge >= 0.3 is 5.97 Å². The van der Waals surface area contributed by atoms with Crippen molar-refractivity contribution in [2.24, 2.45) is 5.92 Å². The molecule has 0 spiro atoms. The lowest BCUT2D eigenvalue weighted by atomic mass is 9.80. The molecule has 1 saturated heterocycles.